The van der Waals surface area contributed by atoms with Crippen LogP contribution in [0, 0.1) is 5.82 Å². The van der Waals surface area contributed by atoms with E-state index in [4.69, 9.17) is 11.6 Å². The maximum absolute atomic E-state index is 13.7. The quantitative estimate of drug-likeness (QED) is 0.909. The molecule has 0 unspecified atom stereocenters. The first-order valence-corrected chi connectivity index (χ1v) is 5.61. The van der Waals surface area contributed by atoms with Crippen LogP contribution in [0.25, 0.3) is 11.3 Å². The topological polar surface area (TPSA) is 37.8 Å². The number of benzene rings is 1. The molecule has 0 fully saturated rings. The standard InChI is InChI=1S/C12H11ClFN3/c1-2-15-12-16-6-5-11(17-12)9-4-3-8(13)7-10(9)14/h3-7H,2H2,1H3,(H,15,16,17). The Balaban J connectivity index is 2.42. The Bertz CT molecular complexity index is 531. The lowest BCUT2D eigenvalue weighted by molar-refractivity contribution is 0.631. The molecule has 3 nitrogen and oxygen atoms in total. The summed E-state index contributed by atoms with van der Waals surface area (Å²) in [5, 5.41) is 3.35. The van der Waals surface area contributed by atoms with E-state index in [1.807, 2.05) is 6.92 Å². The molecule has 0 spiro atoms. The van der Waals surface area contributed by atoms with Crippen LogP contribution in [0.2, 0.25) is 5.02 Å². The Morgan fingerprint density at radius 1 is 1.35 bits per heavy atom. The molecular formula is C12H11ClFN3. The van der Waals surface area contributed by atoms with E-state index >= 15 is 0 Å². The van der Waals surface area contributed by atoms with Crippen LogP contribution in [0.5, 0.6) is 0 Å². The van der Waals surface area contributed by atoms with Crippen molar-refractivity contribution in [2.24, 2.45) is 0 Å². The van der Waals surface area contributed by atoms with Crippen molar-refractivity contribution >= 4 is 17.5 Å². The molecule has 1 aromatic carbocycles. The molecular weight excluding hydrogens is 241 g/mol. The second kappa shape index (κ2) is 5.10. The van der Waals surface area contributed by atoms with E-state index in [1.54, 1.807) is 24.4 Å². The molecule has 0 aliphatic heterocycles. The molecule has 0 saturated carbocycles. The summed E-state index contributed by atoms with van der Waals surface area (Å²) in [5.74, 6) is 0.0954. The normalized spacial score (nSPS) is 10.3. The maximum Gasteiger partial charge on any atom is 0.223 e. The summed E-state index contributed by atoms with van der Waals surface area (Å²) in [7, 11) is 0. The molecule has 1 N–H and O–H groups in total. The molecule has 0 bridgehead atoms. The molecule has 0 atom stereocenters. The molecule has 0 saturated heterocycles. The average Bonchev–Trinajstić information content (AvgIpc) is 2.29. The highest BCUT2D eigenvalue weighted by atomic mass is 35.5. The van der Waals surface area contributed by atoms with Gasteiger partial charge >= 0.3 is 0 Å². The number of anilines is 1. The number of halogens is 2. The third kappa shape index (κ3) is 2.71. The molecule has 17 heavy (non-hydrogen) atoms. The predicted octanol–water partition coefficient (Wildman–Crippen LogP) is 3.37. The van der Waals surface area contributed by atoms with Crippen LogP contribution in [-0.2, 0) is 0 Å². The van der Waals surface area contributed by atoms with E-state index < -0.39 is 5.82 Å². The van der Waals surface area contributed by atoms with E-state index in [2.05, 4.69) is 15.3 Å². The Morgan fingerprint density at radius 2 is 2.18 bits per heavy atom. The van der Waals surface area contributed by atoms with Crippen LogP contribution in [0.3, 0.4) is 0 Å². The Kier molecular flexibility index (Phi) is 3.54. The van der Waals surface area contributed by atoms with Gasteiger partial charge < -0.3 is 5.32 Å². The average molecular weight is 252 g/mol. The molecule has 0 radical (unpaired) electrons. The number of rotatable bonds is 3. The first-order valence-electron chi connectivity index (χ1n) is 5.23. The minimum absolute atomic E-state index is 0.368. The minimum Gasteiger partial charge on any atom is -0.354 e. The fourth-order valence-corrected chi connectivity index (χ4v) is 1.61. The van der Waals surface area contributed by atoms with Gasteiger partial charge in [0.2, 0.25) is 5.95 Å². The Labute approximate surface area is 104 Å². The van der Waals surface area contributed by atoms with Crippen LogP contribution in [-0.4, -0.2) is 16.5 Å². The van der Waals surface area contributed by atoms with Crippen LogP contribution >= 0.6 is 11.6 Å². The van der Waals surface area contributed by atoms with Crippen molar-refractivity contribution in [3.63, 3.8) is 0 Å². The van der Waals surface area contributed by atoms with E-state index in [-0.39, 0.29) is 0 Å². The first kappa shape index (κ1) is 11.8. The van der Waals surface area contributed by atoms with Gasteiger partial charge in [0.1, 0.15) is 5.82 Å². The minimum atomic E-state index is -0.390. The molecule has 5 heteroatoms. The summed E-state index contributed by atoms with van der Waals surface area (Å²) >= 11 is 5.70. The van der Waals surface area contributed by atoms with Crippen LogP contribution in [0.1, 0.15) is 6.92 Å². The SMILES string of the molecule is CCNc1nccc(-c2ccc(Cl)cc2F)n1. The van der Waals surface area contributed by atoms with E-state index in [1.165, 1.54) is 6.07 Å². The summed E-state index contributed by atoms with van der Waals surface area (Å²) in [4.78, 5) is 8.25. The van der Waals surface area contributed by atoms with Crippen molar-refractivity contribution in [3.8, 4) is 11.3 Å². The number of hydrogen-bond donors (Lipinski definition) is 1. The molecule has 2 aromatic rings. The first-order chi connectivity index (χ1) is 8.20. The second-order valence-corrected chi connectivity index (χ2v) is 3.86. The van der Waals surface area contributed by atoms with Gasteiger partial charge in [-0.2, -0.15) is 0 Å². The van der Waals surface area contributed by atoms with E-state index in [0.717, 1.165) is 0 Å². The fraction of sp³-hybridized carbons (Fsp3) is 0.167. The highest BCUT2D eigenvalue weighted by Crippen LogP contribution is 2.23. The van der Waals surface area contributed by atoms with Crippen molar-refractivity contribution in [3.05, 3.63) is 41.3 Å². The Hall–Kier alpha value is -1.68. The molecule has 2 rings (SSSR count). The van der Waals surface area contributed by atoms with Crippen molar-refractivity contribution in [1.82, 2.24) is 9.97 Å². The van der Waals surface area contributed by atoms with Crippen LogP contribution in [0.15, 0.2) is 30.5 Å². The largest absolute Gasteiger partial charge is 0.354 e. The van der Waals surface area contributed by atoms with Crippen LogP contribution < -0.4 is 5.32 Å². The zero-order valence-corrected chi connectivity index (χ0v) is 10.0. The smallest absolute Gasteiger partial charge is 0.223 e. The summed E-state index contributed by atoms with van der Waals surface area (Å²) in [5.41, 5.74) is 0.945. The zero-order valence-electron chi connectivity index (χ0n) is 9.24. The van der Waals surface area contributed by atoms with Gasteiger partial charge in [-0.1, -0.05) is 11.6 Å². The van der Waals surface area contributed by atoms with Crippen molar-refractivity contribution in [2.75, 3.05) is 11.9 Å². The molecule has 1 heterocycles. The lowest BCUT2D eigenvalue weighted by Crippen LogP contribution is -2.02. The van der Waals surface area contributed by atoms with Crippen molar-refractivity contribution < 1.29 is 4.39 Å². The van der Waals surface area contributed by atoms with Gasteiger partial charge in [0.05, 0.1) is 5.69 Å². The summed E-state index contributed by atoms with van der Waals surface area (Å²) < 4.78 is 13.7. The lowest BCUT2D eigenvalue weighted by Gasteiger charge is -2.05. The van der Waals surface area contributed by atoms with Crippen LogP contribution in [0.4, 0.5) is 10.3 Å². The summed E-state index contributed by atoms with van der Waals surface area (Å²) in [6.07, 6.45) is 1.59. The van der Waals surface area contributed by atoms with Gasteiger partial charge in [-0.3, -0.25) is 0 Å². The number of aromatic nitrogens is 2. The predicted molar refractivity (Wildman–Crippen MR) is 66.6 cm³/mol. The van der Waals surface area contributed by atoms with Gasteiger partial charge in [0, 0.05) is 23.3 Å². The van der Waals surface area contributed by atoms with Crippen molar-refractivity contribution in [1.29, 1.82) is 0 Å². The molecule has 88 valence electrons. The summed E-state index contributed by atoms with van der Waals surface area (Å²) in [6.45, 7) is 2.66. The van der Waals surface area contributed by atoms with Gasteiger partial charge in [0.15, 0.2) is 0 Å². The zero-order chi connectivity index (χ0) is 12.3. The third-order valence-corrected chi connectivity index (χ3v) is 2.43. The van der Waals surface area contributed by atoms with Crippen molar-refractivity contribution in [2.45, 2.75) is 6.92 Å². The third-order valence-electron chi connectivity index (χ3n) is 2.20. The highest BCUT2D eigenvalue weighted by molar-refractivity contribution is 6.30. The van der Waals surface area contributed by atoms with Gasteiger partial charge in [-0.15, -0.1) is 0 Å². The number of nitrogens with one attached hydrogen (secondary N) is 1. The van der Waals surface area contributed by atoms with Gasteiger partial charge in [0.25, 0.3) is 0 Å². The summed E-state index contributed by atoms with van der Waals surface area (Å²) in [6, 6.07) is 6.17. The molecule has 0 aliphatic rings. The molecule has 0 amide bonds. The monoisotopic (exact) mass is 251 g/mol. The number of hydrogen-bond acceptors (Lipinski definition) is 3. The highest BCUT2D eigenvalue weighted by Gasteiger charge is 2.07. The lowest BCUT2D eigenvalue weighted by atomic mass is 10.1. The Morgan fingerprint density at radius 3 is 2.88 bits per heavy atom. The number of nitrogens with zero attached hydrogens (tertiary/aromatic N) is 2. The molecule has 0 aliphatic carbocycles. The second-order valence-electron chi connectivity index (χ2n) is 3.42. The van der Waals surface area contributed by atoms with Gasteiger partial charge in [-0.05, 0) is 31.2 Å². The molecule has 1 aromatic heterocycles. The van der Waals surface area contributed by atoms with E-state index in [0.29, 0.717) is 28.8 Å². The van der Waals surface area contributed by atoms with E-state index in [9.17, 15) is 4.39 Å². The van der Waals surface area contributed by atoms with Gasteiger partial charge in [-0.25, -0.2) is 14.4 Å². The fourth-order valence-electron chi connectivity index (χ4n) is 1.45. The maximum atomic E-state index is 13.7.